The van der Waals surface area contributed by atoms with E-state index in [1.165, 1.54) is 6.42 Å². The minimum absolute atomic E-state index is 0.126. The first-order valence-corrected chi connectivity index (χ1v) is 11.2. The van der Waals surface area contributed by atoms with Crippen molar-refractivity contribution in [2.24, 2.45) is 17.2 Å². The van der Waals surface area contributed by atoms with Gasteiger partial charge < -0.3 is 36.8 Å². The maximum absolute atomic E-state index is 10.1. The van der Waals surface area contributed by atoms with Gasteiger partial charge in [0.1, 0.15) is 17.7 Å². The fraction of sp³-hybridized carbons (Fsp3) is 0.375. The third-order valence-electron chi connectivity index (χ3n) is 6.69. The Morgan fingerprint density at radius 3 is 2.50 bits per heavy atom. The molecule has 7 N–H and O–H groups in total. The molecule has 3 saturated heterocycles. The van der Waals surface area contributed by atoms with Crippen LogP contribution in [0.15, 0.2) is 60.2 Å². The molecule has 2 atom stereocenters. The average molecular weight is 435 g/mol. The van der Waals surface area contributed by atoms with Crippen LogP contribution in [-0.2, 0) is 0 Å². The van der Waals surface area contributed by atoms with Gasteiger partial charge in [0.05, 0.1) is 5.70 Å². The van der Waals surface area contributed by atoms with Gasteiger partial charge in [-0.25, -0.2) is 4.98 Å². The number of aromatic nitrogens is 1. The Labute approximate surface area is 188 Å². The molecule has 4 fully saturated rings. The van der Waals surface area contributed by atoms with Gasteiger partial charge >= 0.3 is 0 Å². The van der Waals surface area contributed by atoms with Crippen LogP contribution in [0.3, 0.4) is 0 Å². The average Bonchev–Trinajstić information content (AvgIpc) is 2.75. The summed E-state index contributed by atoms with van der Waals surface area (Å²) in [6.07, 6.45) is 8.48. The maximum atomic E-state index is 10.1. The molecule has 1 aliphatic carbocycles. The summed E-state index contributed by atoms with van der Waals surface area (Å²) in [4.78, 5) is 9.01. The van der Waals surface area contributed by atoms with Crippen molar-refractivity contribution in [2.45, 2.75) is 43.9 Å². The number of para-hydroxylation sites is 1. The molecule has 6 rings (SSSR count). The topological polar surface area (TPSA) is 127 Å². The molecule has 8 heteroatoms. The monoisotopic (exact) mass is 434 g/mol. The van der Waals surface area contributed by atoms with Crippen molar-refractivity contribution in [3.63, 3.8) is 0 Å². The van der Waals surface area contributed by atoms with Crippen LogP contribution in [0.5, 0.6) is 11.6 Å². The van der Waals surface area contributed by atoms with E-state index < -0.39 is 0 Å². The molecule has 168 valence electrons. The van der Waals surface area contributed by atoms with Gasteiger partial charge in [0.2, 0.25) is 5.88 Å². The minimum Gasteiger partial charge on any atom is -0.507 e. The summed E-state index contributed by atoms with van der Waals surface area (Å²) >= 11 is 0. The Bertz CT molecular complexity index is 1050. The number of hydrogen-bond donors (Lipinski definition) is 4. The second-order valence-electron chi connectivity index (χ2n) is 8.84. The van der Waals surface area contributed by atoms with Gasteiger partial charge in [-0.05, 0) is 50.0 Å². The second kappa shape index (κ2) is 8.18. The number of nitrogens with two attached hydrogens (primary N) is 3. The summed E-state index contributed by atoms with van der Waals surface area (Å²) in [6.45, 7) is 1.57. The third-order valence-corrected chi connectivity index (χ3v) is 6.69. The zero-order valence-corrected chi connectivity index (χ0v) is 18.0. The number of anilines is 1. The summed E-state index contributed by atoms with van der Waals surface area (Å²) < 4.78 is 5.99. The quantitative estimate of drug-likeness (QED) is 0.509. The highest BCUT2D eigenvalue weighted by atomic mass is 16.5. The van der Waals surface area contributed by atoms with E-state index in [4.69, 9.17) is 21.9 Å². The Hall–Kier alpha value is -3.55. The lowest BCUT2D eigenvalue weighted by Crippen LogP contribution is -2.68. The molecule has 1 aromatic heterocycles. The lowest BCUT2D eigenvalue weighted by Gasteiger charge is -2.58. The number of ether oxygens (including phenoxy) is 1. The van der Waals surface area contributed by atoms with Gasteiger partial charge in [-0.2, -0.15) is 0 Å². The van der Waals surface area contributed by atoms with E-state index in [1.54, 1.807) is 24.3 Å². The van der Waals surface area contributed by atoms with Crippen LogP contribution < -0.4 is 26.8 Å². The number of aromatic hydroxyl groups is 1. The van der Waals surface area contributed by atoms with Gasteiger partial charge in [-0.3, -0.25) is 0 Å². The fourth-order valence-corrected chi connectivity index (χ4v) is 4.81. The van der Waals surface area contributed by atoms with E-state index in [0.717, 1.165) is 38.0 Å². The van der Waals surface area contributed by atoms with Crippen LogP contribution >= 0.6 is 0 Å². The number of benzene rings is 1. The predicted octanol–water partition coefficient (Wildman–Crippen LogP) is 2.07. The van der Waals surface area contributed by atoms with E-state index in [2.05, 4.69) is 20.9 Å². The number of phenolic OH excluding ortho intramolecular Hbond substituents is 1. The molecule has 0 spiro atoms. The van der Waals surface area contributed by atoms with E-state index >= 15 is 0 Å². The normalized spacial score (nSPS) is 22.7. The summed E-state index contributed by atoms with van der Waals surface area (Å²) in [6, 6.07) is 11.8. The van der Waals surface area contributed by atoms with E-state index in [1.807, 2.05) is 18.3 Å². The van der Waals surface area contributed by atoms with Crippen LogP contribution in [0.4, 0.5) is 5.69 Å². The first kappa shape index (κ1) is 20.4. The van der Waals surface area contributed by atoms with Crippen molar-refractivity contribution in [3.8, 4) is 11.6 Å². The molecule has 1 saturated carbocycles. The maximum Gasteiger partial charge on any atom is 0.215 e. The van der Waals surface area contributed by atoms with Crippen molar-refractivity contribution in [1.82, 2.24) is 9.88 Å². The molecule has 0 amide bonds. The minimum atomic E-state index is 0.126. The van der Waals surface area contributed by atoms with Gasteiger partial charge in [0.25, 0.3) is 0 Å². The summed E-state index contributed by atoms with van der Waals surface area (Å²) in [7, 11) is 0. The molecular weight excluding hydrogens is 404 g/mol. The molecule has 4 heterocycles. The summed E-state index contributed by atoms with van der Waals surface area (Å²) in [5, 5.41) is 10.1. The van der Waals surface area contributed by atoms with E-state index in [9.17, 15) is 5.11 Å². The first-order chi connectivity index (χ1) is 15.5. The number of nitrogens with zero attached hydrogens (tertiary/aromatic N) is 3. The summed E-state index contributed by atoms with van der Waals surface area (Å²) in [5.41, 5.74) is 21.2. The van der Waals surface area contributed by atoms with Crippen LogP contribution in [0.25, 0.3) is 5.70 Å². The zero-order chi connectivity index (χ0) is 22.2. The highest BCUT2D eigenvalue weighted by Gasteiger charge is 2.45. The lowest BCUT2D eigenvalue weighted by molar-refractivity contribution is 0.114. The molecule has 8 nitrogen and oxygen atoms in total. The molecule has 4 aliphatic rings. The number of pyridine rings is 1. The predicted molar refractivity (Wildman–Crippen MR) is 124 cm³/mol. The molecule has 2 aromatic rings. The standard InChI is InChI=1S/C24H30N6O2/c25-20(19-6-1-2-7-22(19)31)12-21(24(26)27)29-13-16-10-17(14-29)30(16)15-8-9-28-23(11-15)32-18-4-3-5-18/h1-2,6-9,11-12,16-18,31H,3-5,10,13-14,25-27H2/b20-12-. The number of phenols is 1. The van der Waals surface area contributed by atoms with Crippen molar-refractivity contribution in [1.29, 1.82) is 0 Å². The highest BCUT2D eigenvalue weighted by molar-refractivity contribution is 5.70. The number of rotatable bonds is 6. The van der Waals surface area contributed by atoms with Crippen molar-refractivity contribution in [3.05, 3.63) is 65.8 Å². The van der Waals surface area contributed by atoms with Gasteiger partial charge in [-0.1, -0.05) is 12.1 Å². The third kappa shape index (κ3) is 3.77. The smallest absolute Gasteiger partial charge is 0.215 e. The Morgan fingerprint density at radius 1 is 1.09 bits per heavy atom. The SMILES string of the molecule is NC(N)=C(/C=C(\N)c1ccccc1O)N1CC2CC(C1)N2c1ccnc(OC2CCC2)c1. The largest absolute Gasteiger partial charge is 0.507 e. The number of piperazine rings is 1. The van der Waals surface area contributed by atoms with Crippen molar-refractivity contribution >= 4 is 11.4 Å². The molecule has 2 unspecified atom stereocenters. The molecule has 0 radical (unpaired) electrons. The first-order valence-electron chi connectivity index (χ1n) is 11.2. The van der Waals surface area contributed by atoms with Crippen molar-refractivity contribution in [2.75, 3.05) is 18.0 Å². The second-order valence-corrected chi connectivity index (χ2v) is 8.84. The van der Waals surface area contributed by atoms with Gasteiger partial charge in [0.15, 0.2) is 0 Å². The Kier molecular flexibility index (Phi) is 5.20. The van der Waals surface area contributed by atoms with Crippen LogP contribution in [0, 0.1) is 0 Å². The lowest BCUT2D eigenvalue weighted by atomic mass is 9.86. The number of allylic oxidation sites excluding steroid dienone is 1. The molecule has 3 aliphatic heterocycles. The fourth-order valence-electron chi connectivity index (χ4n) is 4.81. The van der Waals surface area contributed by atoms with Crippen LogP contribution in [0.2, 0.25) is 0 Å². The highest BCUT2D eigenvalue weighted by Crippen LogP contribution is 2.39. The van der Waals surface area contributed by atoms with E-state index in [-0.39, 0.29) is 11.6 Å². The van der Waals surface area contributed by atoms with Gasteiger partial charge in [-0.15, -0.1) is 0 Å². The number of hydrogen-bond acceptors (Lipinski definition) is 8. The molecular formula is C24H30N6O2. The Morgan fingerprint density at radius 2 is 1.84 bits per heavy atom. The molecule has 1 aromatic carbocycles. The van der Waals surface area contributed by atoms with Crippen LogP contribution in [-0.4, -0.2) is 46.3 Å². The van der Waals surface area contributed by atoms with Gasteiger partial charge in [0, 0.05) is 54.4 Å². The van der Waals surface area contributed by atoms with Crippen LogP contribution in [0.1, 0.15) is 31.2 Å². The van der Waals surface area contributed by atoms with E-state index in [0.29, 0.717) is 41.0 Å². The number of piperidine rings is 1. The zero-order valence-electron chi connectivity index (χ0n) is 18.0. The Balaban J connectivity index is 1.31. The number of fused-ring (bicyclic) bond motifs is 2. The molecule has 32 heavy (non-hydrogen) atoms. The van der Waals surface area contributed by atoms with Crippen molar-refractivity contribution < 1.29 is 9.84 Å². The summed E-state index contributed by atoms with van der Waals surface area (Å²) in [5.74, 6) is 1.05. The molecule has 2 bridgehead atoms.